The van der Waals surface area contributed by atoms with Crippen LogP contribution in [-0.4, -0.2) is 46.9 Å². The van der Waals surface area contributed by atoms with Gasteiger partial charge < -0.3 is 5.11 Å². The van der Waals surface area contributed by atoms with Gasteiger partial charge in [-0.1, -0.05) is 6.07 Å². The minimum absolute atomic E-state index is 0.0613. The van der Waals surface area contributed by atoms with E-state index in [0.29, 0.717) is 22.2 Å². The number of nitriles is 2. The molecule has 1 N–H and O–H groups in total. The summed E-state index contributed by atoms with van der Waals surface area (Å²) >= 11 is 0. The van der Waals surface area contributed by atoms with Crippen LogP contribution in [0.1, 0.15) is 22.3 Å². The third-order valence-corrected chi connectivity index (χ3v) is 6.00. The van der Waals surface area contributed by atoms with Crippen LogP contribution < -0.4 is 0 Å². The first-order chi connectivity index (χ1) is 13.9. The summed E-state index contributed by atoms with van der Waals surface area (Å²) in [7, 11) is -4.10. The van der Waals surface area contributed by atoms with Gasteiger partial charge in [-0.05, 0) is 36.8 Å². The third-order valence-electron chi connectivity index (χ3n) is 4.17. The number of hydrogen-bond donors (Lipinski definition) is 1. The number of aliphatic hydroxyl groups is 1. The molecule has 0 aliphatic heterocycles. The molecule has 3 aromatic rings. The third kappa shape index (κ3) is 3.94. The van der Waals surface area contributed by atoms with Crippen LogP contribution >= 0.6 is 0 Å². The average Bonchev–Trinajstić information content (AvgIpc) is 3.13. The van der Waals surface area contributed by atoms with Gasteiger partial charge >= 0.3 is 0 Å². The normalized spacial score (nSPS) is 11.4. The van der Waals surface area contributed by atoms with Gasteiger partial charge in [-0.25, -0.2) is 4.52 Å². The van der Waals surface area contributed by atoms with Crippen molar-refractivity contribution in [1.82, 2.24) is 14.0 Å². The highest BCUT2D eigenvalue weighted by molar-refractivity contribution is 7.89. The van der Waals surface area contributed by atoms with E-state index in [-0.39, 0.29) is 17.0 Å². The first kappa shape index (κ1) is 20.0. The van der Waals surface area contributed by atoms with Gasteiger partial charge in [-0.3, -0.25) is 0 Å². The number of pyridine rings is 1. The molecule has 0 fully saturated rings. The van der Waals surface area contributed by atoms with Crippen molar-refractivity contribution >= 4 is 21.8 Å². The lowest BCUT2D eigenvalue weighted by Crippen LogP contribution is -2.29. The molecular weight excluding hydrogens is 392 g/mol. The highest BCUT2D eigenvalue weighted by atomic mass is 32.2. The smallest absolute Gasteiger partial charge is 0.279 e. The van der Waals surface area contributed by atoms with Crippen molar-refractivity contribution in [2.75, 3.05) is 13.2 Å². The molecule has 0 saturated carbocycles. The topological polar surface area (TPSA) is 135 Å². The van der Waals surface area contributed by atoms with Crippen LogP contribution in [0.4, 0.5) is 0 Å². The number of sulfonamides is 1. The van der Waals surface area contributed by atoms with Gasteiger partial charge in [0.1, 0.15) is 0 Å². The van der Waals surface area contributed by atoms with Crippen molar-refractivity contribution in [2.24, 2.45) is 5.10 Å². The van der Waals surface area contributed by atoms with E-state index in [4.69, 9.17) is 10.5 Å². The van der Waals surface area contributed by atoms with E-state index < -0.39 is 16.6 Å². The molecule has 2 heterocycles. The minimum Gasteiger partial charge on any atom is -0.394 e. The van der Waals surface area contributed by atoms with Gasteiger partial charge in [0.2, 0.25) is 0 Å². The zero-order valence-electron chi connectivity index (χ0n) is 15.4. The van der Waals surface area contributed by atoms with Crippen molar-refractivity contribution in [3.8, 4) is 12.1 Å². The van der Waals surface area contributed by atoms with Gasteiger partial charge in [-0.2, -0.15) is 33.6 Å². The first-order valence-electron chi connectivity index (χ1n) is 8.46. The monoisotopic (exact) mass is 408 g/mol. The second-order valence-corrected chi connectivity index (χ2v) is 7.88. The number of hydrazone groups is 1. The van der Waals surface area contributed by atoms with Crippen LogP contribution in [0.3, 0.4) is 0 Å². The lowest BCUT2D eigenvalue weighted by Gasteiger charge is -2.19. The maximum absolute atomic E-state index is 13.1. The highest BCUT2D eigenvalue weighted by Gasteiger charge is 2.25. The predicted molar refractivity (Wildman–Crippen MR) is 104 cm³/mol. The largest absolute Gasteiger partial charge is 0.394 e. The second kappa shape index (κ2) is 8.10. The van der Waals surface area contributed by atoms with E-state index >= 15 is 0 Å². The van der Waals surface area contributed by atoms with E-state index in [1.54, 1.807) is 31.3 Å². The van der Waals surface area contributed by atoms with Gasteiger partial charge in [0.25, 0.3) is 10.0 Å². The number of hydrogen-bond acceptors (Lipinski definition) is 7. The Bertz CT molecular complexity index is 1280. The Morgan fingerprint density at radius 2 is 1.97 bits per heavy atom. The second-order valence-electron chi connectivity index (χ2n) is 6.07. The number of aryl methyl sites for hydroxylation is 1. The molecular formula is C19H16N6O3S. The summed E-state index contributed by atoms with van der Waals surface area (Å²) in [6, 6.07) is 11.5. The molecule has 0 aliphatic carbocycles. The van der Waals surface area contributed by atoms with Crippen molar-refractivity contribution in [3.63, 3.8) is 0 Å². The van der Waals surface area contributed by atoms with E-state index in [1.165, 1.54) is 29.1 Å². The lowest BCUT2D eigenvalue weighted by atomic mass is 10.2. The molecule has 0 radical (unpaired) electrons. The highest BCUT2D eigenvalue weighted by Crippen LogP contribution is 2.22. The summed E-state index contributed by atoms with van der Waals surface area (Å²) in [6.45, 7) is 0.905. The Morgan fingerprint density at radius 1 is 1.24 bits per heavy atom. The summed E-state index contributed by atoms with van der Waals surface area (Å²) in [4.78, 5) is -0.0613. The molecule has 29 heavy (non-hydrogen) atoms. The van der Waals surface area contributed by atoms with Crippen molar-refractivity contribution in [1.29, 1.82) is 10.5 Å². The van der Waals surface area contributed by atoms with Crippen LogP contribution in [0.5, 0.6) is 0 Å². The minimum atomic E-state index is -4.10. The first-order valence-corrected chi connectivity index (χ1v) is 9.90. The maximum atomic E-state index is 13.1. The number of rotatable bonds is 6. The zero-order valence-corrected chi connectivity index (χ0v) is 16.2. The SMILES string of the molecule is Cc1ccc(C#N)cc1S(=O)(=O)N(CCO)/N=C\c1cnn2ccc(C#N)cc12. The summed E-state index contributed by atoms with van der Waals surface area (Å²) in [5, 5.41) is 35.7. The quantitative estimate of drug-likeness (QED) is 0.484. The maximum Gasteiger partial charge on any atom is 0.279 e. The van der Waals surface area contributed by atoms with Gasteiger partial charge in [-0.15, -0.1) is 0 Å². The van der Waals surface area contributed by atoms with Gasteiger partial charge in [0.05, 0.1) is 59.2 Å². The number of aliphatic hydroxyl groups excluding tert-OH is 1. The average molecular weight is 408 g/mol. The predicted octanol–water partition coefficient (Wildman–Crippen LogP) is 1.40. The Morgan fingerprint density at radius 3 is 2.66 bits per heavy atom. The van der Waals surface area contributed by atoms with Crippen LogP contribution in [0.15, 0.2) is 52.7 Å². The summed E-state index contributed by atoms with van der Waals surface area (Å²) in [5.41, 5.74) is 2.17. The number of benzene rings is 1. The van der Waals surface area contributed by atoms with E-state index in [1.807, 2.05) is 12.1 Å². The molecule has 0 atom stereocenters. The Balaban J connectivity index is 2.03. The Hall–Kier alpha value is -3.73. The number of nitrogens with zero attached hydrogens (tertiary/aromatic N) is 6. The molecule has 0 unspecified atom stereocenters. The molecule has 2 aromatic heterocycles. The summed E-state index contributed by atoms with van der Waals surface area (Å²) < 4.78 is 28.4. The van der Waals surface area contributed by atoms with E-state index in [9.17, 15) is 13.5 Å². The molecule has 3 rings (SSSR count). The standard InChI is InChI=1S/C19H16N6O3S/c1-14-2-3-15(10-20)9-19(14)29(27,28)25(6-7-26)23-13-17-12-22-24-5-4-16(11-21)8-18(17)24/h2-5,8-9,12-13,26H,6-7H2,1H3/b23-13-. The molecule has 0 bridgehead atoms. The van der Waals surface area contributed by atoms with Crippen molar-refractivity contribution in [3.05, 3.63) is 65.0 Å². The molecule has 0 aliphatic rings. The van der Waals surface area contributed by atoms with Crippen molar-refractivity contribution < 1.29 is 13.5 Å². The van der Waals surface area contributed by atoms with E-state index in [2.05, 4.69) is 10.2 Å². The lowest BCUT2D eigenvalue weighted by molar-refractivity contribution is 0.257. The van der Waals surface area contributed by atoms with Crippen LogP contribution in [0, 0.1) is 29.6 Å². The van der Waals surface area contributed by atoms with Gasteiger partial charge in [0, 0.05) is 11.8 Å². The van der Waals surface area contributed by atoms with Gasteiger partial charge in [0.15, 0.2) is 0 Å². The fraction of sp³-hybridized carbons (Fsp3) is 0.158. The van der Waals surface area contributed by atoms with Crippen LogP contribution in [-0.2, 0) is 10.0 Å². The van der Waals surface area contributed by atoms with Crippen LogP contribution in [0.2, 0.25) is 0 Å². The van der Waals surface area contributed by atoms with Crippen LogP contribution in [0.25, 0.3) is 5.52 Å². The molecule has 0 saturated heterocycles. The van der Waals surface area contributed by atoms with E-state index in [0.717, 1.165) is 4.41 Å². The Labute approximate surface area is 167 Å². The number of aromatic nitrogens is 2. The number of fused-ring (bicyclic) bond motifs is 1. The molecule has 10 heteroatoms. The fourth-order valence-corrected chi connectivity index (χ4v) is 4.15. The zero-order chi connectivity index (χ0) is 21.0. The molecule has 1 aromatic carbocycles. The molecule has 0 spiro atoms. The van der Waals surface area contributed by atoms with Crippen molar-refractivity contribution in [2.45, 2.75) is 11.8 Å². The Kier molecular flexibility index (Phi) is 5.59. The molecule has 9 nitrogen and oxygen atoms in total. The fourth-order valence-electron chi connectivity index (χ4n) is 2.68. The molecule has 0 amide bonds. The summed E-state index contributed by atoms with van der Waals surface area (Å²) in [5.74, 6) is 0. The summed E-state index contributed by atoms with van der Waals surface area (Å²) in [6.07, 6.45) is 4.41. The molecule has 146 valence electrons.